The Balaban J connectivity index is 0.00000736. The lowest BCUT2D eigenvalue weighted by Gasteiger charge is -2.38. The van der Waals surface area contributed by atoms with Crippen molar-refractivity contribution < 1.29 is 14.4 Å². The van der Waals surface area contributed by atoms with E-state index in [1.54, 1.807) is 0 Å². The van der Waals surface area contributed by atoms with Crippen LogP contribution >= 0.6 is 12.4 Å². The molecule has 0 saturated carbocycles. The number of halogens is 1. The summed E-state index contributed by atoms with van der Waals surface area (Å²) in [5, 5.41) is 6.49. The molecule has 1 saturated heterocycles. The standard InChI is InChI=1S/C36H56N6O3.ClH/c1-27(2)24-33(39-26-30(38)25-29-14-8-5-9-15-29)35(44)40-32(16-10-11-21-37)36(45)42-22-19-31(20-23-42)41(3)34(43)18-17-28-12-6-4-7-13-28;/h4-9,12-15,27,30-33,39H,10-11,16-26,37-38H2,1-3H3,(H,40,44);1H. The molecule has 3 rings (SSSR count). The highest BCUT2D eigenvalue weighted by atomic mass is 35.5. The van der Waals surface area contributed by atoms with Crippen LogP contribution in [0.15, 0.2) is 60.7 Å². The maximum Gasteiger partial charge on any atom is 0.245 e. The van der Waals surface area contributed by atoms with Crippen molar-refractivity contribution in [2.75, 3.05) is 33.2 Å². The number of hydrogen-bond donors (Lipinski definition) is 4. The highest BCUT2D eigenvalue weighted by Gasteiger charge is 2.32. The van der Waals surface area contributed by atoms with E-state index in [1.165, 1.54) is 0 Å². The van der Waals surface area contributed by atoms with Crippen LogP contribution in [0.2, 0.25) is 0 Å². The highest BCUT2D eigenvalue weighted by Crippen LogP contribution is 2.19. The quantitative estimate of drug-likeness (QED) is 0.181. The smallest absolute Gasteiger partial charge is 0.245 e. The Bertz CT molecular complexity index is 1160. The molecule has 1 fully saturated rings. The number of carbonyl (C=O) groups excluding carboxylic acids is 3. The van der Waals surface area contributed by atoms with E-state index >= 15 is 0 Å². The summed E-state index contributed by atoms with van der Waals surface area (Å²) in [6, 6.07) is 19.0. The Morgan fingerprint density at radius 2 is 1.54 bits per heavy atom. The van der Waals surface area contributed by atoms with Crippen molar-refractivity contribution in [3.8, 4) is 0 Å². The van der Waals surface area contributed by atoms with Crippen molar-refractivity contribution >= 4 is 30.1 Å². The van der Waals surface area contributed by atoms with Crippen molar-refractivity contribution in [1.82, 2.24) is 20.4 Å². The van der Waals surface area contributed by atoms with Gasteiger partial charge in [-0.1, -0.05) is 74.5 Å². The number of hydrogen-bond acceptors (Lipinski definition) is 6. The third kappa shape index (κ3) is 13.4. The van der Waals surface area contributed by atoms with E-state index in [1.807, 2.05) is 65.4 Å². The molecule has 9 nitrogen and oxygen atoms in total. The minimum Gasteiger partial charge on any atom is -0.343 e. The van der Waals surface area contributed by atoms with Gasteiger partial charge in [0, 0.05) is 45.2 Å². The lowest BCUT2D eigenvalue weighted by atomic mass is 9.99. The predicted octanol–water partition coefficient (Wildman–Crippen LogP) is 3.68. The Kier molecular flexibility index (Phi) is 17.9. The van der Waals surface area contributed by atoms with Crippen LogP contribution in [0.25, 0.3) is 0 Å². The highest BCUT2D eigenvalue weighted by molar-refractivity contribution is 5.90. The van der Waals surface area contributed by atoms with Crippen molar-refractivity contribution in [3.63, 3.8) is 0 Å². The molecule has 0 aromatic heterocycles. The molecule has 1 aliphatic rings. The second-order valence-electron chi connectivity index (χ2n) is 12.9. The molecule has 0 spiro atoms. The largest absolute Gasteiger partial charge is 0.343 e. The topological polar surface area (TPSA) is 134 Å². The maximum absolute atomic E-state index is 13.8. The van der Waals surface area contributed by atoms with Gasteiger partial charge in [0.15, 0.2) is 0 Å². The summed E-state index contributed by atoms with van der Waals surface area (Å²) in [6.45, 7) is 6.33. The summed E-state index contributed by atoms with van der Waals surface area (Å²) in [7, 11) is 1.87. The lowest BCUT2D eigenvalue weighted by Crippen LogP contribution is -2.56. The van der Waals surface area contributed by atoms with Crippen LogP contribution in [0.1, 0.15) is 69.9 Å². The second-order valence-corrected chi connectivity index (χ2v) is 12.9. The summed E-state index contributed by atoms with van der Waals surface area (Å²) >= 11 is 0. The predicted molar refractivity (Wildman–Crippen MR) is 189 cm³/mol. The van der Waals surface area contributed by atoms with Gasteiger partial charge in [0.25, 0.3) is 0 Å². The fourth-order valence-corrected chi connectivity index (χ4v) is 6.03. The molecule has 1 aliphatic heterocycles. The van der Waals surface area contributed by atoms with E-state index in [-0.39, 0.29) is 48.1 Å². The molecule has 3 atom stereocenters. The number of rotatable bonds is 18. The van der Waals surface area contributed by atoms with Crippen LogP contribution in [0.5, 0.6) is 0 Å². The minimum atomic E-state index is -0.611. The molecule has 6 N–H and O–H groups in total. The molecule has 10 heteroatoms. The zero-order valence-corrected chi connectivity index (χ0v) is 28.9. The van der Waals surface area contributed by atoms with Gasteiger partial charge in [0.2, 0.25) is 17.7 Å². The van der Waals surface area contributed by atoms with Crippen molar-refractivity contribution in [2.24, 2.45) is 17.4 Å². The van der Waals surface area contributed by atoms with E-state index in [2.05, 4.69) is 36.6 Å². The maximum atomic E-state index is 13.8. The molecule has 0 radical (unpaired) electrons. The molecule has 2 aromatic rings. The Labute approximate surface area is 282 Å². The van der Waals surface area contributed by atoms with Crippen LogP contribution in [-0.4, -0.2) is 84.9 Å². The molecule has 3 amide bonds. The Hall–Kier alpha value is -2.98. The van der Waals surface area contributed by atoms with Crippen LogP contribution in [0, 0.1) is 5.92 Å². The summed E-state index contributed by atoms with van der Waals surface area (Å²) < 4.78 is 0. The summed E-state index contributed by atoms with van der Waals surface area (Å²) in [5.41, 5.74) is 14.5. The normalized spacial score (nSPS) is 15.5. The molecule has 1 heterocycles. The molecule has 256 valence electrons. The van der Waals surface area contributed by atoms with Gasteiger partial charge in [-0.25, -0.2) is 0 Å². The van der Waals surface area contributed by atoms with Crippen molar-refractivity contribution in [3.05, 3.63) is 71.8 Å². The number of nitrogens with zero attached hydrogens (tertiary/aromatic N) is 2. The number of aryl methyl sites for hydroxylation is 1. The SMILES string of the molecule is CC(C)CC(NCC(N)Cc1ccccc1)C(=O)NC(CCCCN)C(=O)N1CCC(N(C)C(=O)CCc2ccccc2)CC1.Cl. The second kappa shape index (κ2) is 21.0. The minimum absolute atomic E-state index is 0. The molecule has 0 bridgehead atoms. The summed E-state index contributed by atoms with van der Waals surface area (Å²) in [6.07, 6.45) is 6.08. The van der Waals surface area contributed by atoms with Gasteiger partial charge in [-0.3, -0.25) is 14.4 Å². The van der Waals surface area contributed by atoms with Crippen LogP contribution in [0.4, 0.5) is 0 Å². The number of piperidine rings is 1. The van der Waals surface area contributed by atoms with Gasteiger partial charge in [0.05, 0.1) is 6.04 Å². The van der Waals surface area contributed by atoms with Gasteiger partial charge in [0.1, 0.15) is 6.04 Å². The van der Waals surface area contributed by atoms with Gasteiger partial charge >= 0.3 is 0 Å². The van der Waals surface area contributed by atoms with E-state index in [9.17, 15) is 14.4 Å². The fourth-order valence-electron chi connectivity index (χ4n) is 6.03. The lowest BCUT2D eigenvalue weighted by molar-refractivity contribution is -0.139. The first-order chi connectivity index (χ1) is 21.7. The van der Waals surface area contributed by atoms with Gasteiger partial charge < -0.3 is 31.9 Å². The van der Waals surface area contributed by atoms with E-state index in [0.717, 1.165) is 43.2 Å². The first kappa shape index (κ1) is 39.2. The number of nitrogens with two attached hydrogens (primary N) is 2. The van der Waals surface area contributed by atoms with Crippen molar-refractivity contribution in [1.29, 1.82) is 0 Å². The summed E-state index contributed by atoms with van der Waals surface area (Å²) in [4.78, 5) is 44.0. The van der Waals surface area contributed by atoms with E-state index in [0.29, 0.717) is 51.9 Å². The zero-order chi connectivity index (χ0) is 32.6. The fraction of sp³-hybridized carbons (Fsp3) is 0.583. The van der Waals surface area contributed by atoms with Gasteiger partial charge in [-0.2, -0.15) is 0 Å². The molecule has 2 aromatic carbocycles. The third-order valence-electron chi connectivity index (χ3n) is 8.74. The number of benzene rings is 2. The van der Waals surface area contributed by atoms with Crippen molar-refractivity contribution in [2.45, 2.75) is 95.8 Å². The first-order valence-electron chi connectivity index (χ1n) is 16.8. The molecular formula is C36H57ClN6O3. The number of nitrogens with one attached hydrogen (secondary N) is 2. The molecule has 46 heavy (non-hydrogen) atoms. The van der Waals surface area contributed by atoms with Crippen LogP contribution in [-0.2, 0) is 27.2 Å². The van der Waals surface area contributed by atoms with Gasteiger partial charge in [-0.15, -0.1) is 12.4 Å². The number of unbranched alkanes of at least 4 members (excludes halogenated alkanes) is 1. The first-order valence-corrected chi connectivity index (χ1v) is 16.8. The van der Waals surface area contributed by atoms with E-state index < -0.39 is 12.1 Å². The number of likely N-dealkylation sites (tertiary alicyclic amines) is 1. The number of amides is 3. The van der Waals surface area contributed by atoms with E-state index in [4.69, 9.17) is 11.5 Å². The van der Waals surface area contributed by atoms with Crippen LogP contribution < -0.4 is 22.1 Å². The Morgan fingerprint density at radius 1 is 0.935 bits per heavy atom. The van der Waals surface area contributed by atoms with Gasteiger partial charge in [-0.05, 0) is 75.0 Å². The zero-order valence-electron chi connectivity index (χ0n) is 28.0. The number of carbonyl (C=O) groups is 3. The Morgan fingerprint density at radius 3 is 2.13 bits per heavy atom. The molecular weight excluding hydrogens is 600 g/mol. The molecule has 0 aliphatic carbocycles. The average molecular weight is 657 g/mol. The third-order valence-corrected chi connectivity index (χ3v) is 8.74. The molecule has 3 unspecified atom stereocenters. The monoisotopic (exact) mass is 656 g/mol. The van der Waals surface area contributed by atoms with Crippen LogP contribution in [0.3, 0.4) is 0 Å². The summed E-state index contributed by atoms with van der Waals surface area (Å²) in [5.74, 6) is 0.195. The average Bonchev–Trinajstić information content (AvgIpc) is 3.05.